The minimum absolute atomic E-state index is 0.532. The third-order valence-corrected chi connectivity index (χ3v) is 5.13. The van der Waals surface area contributed by atoms with E-state index in [0.717, 1.165) is 27.6 Å². The summed E-state index contributed by atoms with van der Waals surface area (Å²) in [6.45, 7) is 0. The Balaban J connectivity index is 1.93. The molecule has 25 heavy (non-hydrogen) atoms. The Bertz CT molecular complexity index is 720. The lowest BCUT2D eigenvalue weighted by Gasteiger charge is -2.26. The Morgan fingerprint density at radius 3 is 2.12 bits per heavy atom. The van der Waals surface area contributed by atoms with Crippen LogP contribution in [-0.4, -0.2) is 14.2 Å². The second-order valence-electron chi connectivity index (χ2n) is 6.56. The predicted octanol–water partition coefficient (Wildman–Crippen LogP) is 6.58. The van der Waals surface area contributed by atoms with Gasteiger partial charge in [-0.2, -0.15) is 0 Å². The highest BCUT2D eigenvalue weighted by Crippen LogP contribution is 2.43. The molecule has 0 aliphatic heterocycles. The zero-order valence-electron chi connectivity index (χ0n) is 14.9. The third kappa shape index (κ3) is 4.38. The van der Waals surface area contributed by atoms with Gasteiger partial charge in [-0.1, -0.05) is 55.1 Å². The molecular formula is C22H25ClO2. The van der Waals surface area contributed by atoms with E-state index in [0.29, 0.717) is 5.92 Å². The summed E-state index contributed by atoms with van der Waals surface area (Å²) in [6.07, 6.45) is 10.5. The van der Waals surface area contributed by atoms with Gasteiger partial charge in [-0.3, -0.25) is 0 Å². The molecule has 0 N–H and O–H groups in total. The molecule has 2 aromatic rings. The molecule has 1 aliphatic carbocycles. The van der Waals surface area contributed by atoms with E-state index in [-0.39, 0.29) is 0 Å². The van der Waals surface area contributed by atoms with Gasteiger partial charge in [0.25, 0.3) is 0 Å². The van der Waals surface area contributed by atoms with E-state index >= 15 is 0 Å². The second kappa shape index (κ2) is 8.44. The second-order valence-corrected chi connectivity index (χ2v) is 7.00. The Labute approximate surface area is 155 Å². The molecule has 0 radical (unpaired) electrons. The first-order valence-electron chi connectivity index (χ1n) is 8.91. The van der Waals surface area contributed by atoms with E-state index in [9.17, 15) is 0 Å². The molecule has 0 saturated heterocycles. The van der Waals surface area contributed by atoms with Crippen LogP contribution in [0.3, 0.4) is 0 Å². The van der Waals surface area contributed by atoms with Gasteiger partial charge in [0.05, 0.1) is 14.2 Å². The Morgan fingerprint density at radius 1 is 0.880 bits per heavy atom. The Morgan fingerprint density at radius 2 is 1.52 bits per heavy atom. The maximum atomic E-state index is 6.05. The van der Waals surface area contributed by atoms with Crippen molar-refractivity contribution in [2.24, 2.45) is 0 Å². The van der Waals surface area contributed by atoms with Gasteiger partial charge in [0.15, 0.2) is 0 Å². The van der Waals surface area contributed by atoms with Gasteiger partial charge in [-0.15, -0.1) is 0 Å². The van der Waals surface area contributed by atoms with Crippen molar-refractivity contribution in [2.45, 2.75) is 38.0 Å². The number of rotatable bonds is 5. The Kier molecular flexibility index (Phi) is 6.04. The number of hydrogen-bond donors (Lipinski definition) is 0. The van der Waals surface area contributed by atoms with Crippen LogP contribution in [0.2, 0.25) is 5.02 Å². The molecule has 1 aliphatic rings. The number of benzene rings is 2. The van der Waals surface area contributed by atoms with Gasteiger partial charge in [-0.25, -0.2) is 0 Å². The quantitative estimate of drug-likeness (QED) is 0.563. The number of methoxy groups -OCH3 is 2. The third-order valence-electron chi connectivity index (χ3n) is 4.90. The number of ether oxygens (including phenoxy) is 2. The average Bonchev–Trinajstić information content (AvgIpc) is 2.66. The zero-order chi connectivity index (χ0) is 17.6. The SMILES string of the molecule is COc1cc(C=Cc2cccc(Cl)c2)cc(OC)c1C1CCCCC1. The Hall–Kier alpha value is -1.93. The van der Waals surface area contributed by atoms with Gasteiger partial charge in [0.1, 0.15) is 11.5 Å². The first kappa shape index (κ1) is 17.9. The minimum Gasteiger partial charge on any atom is -0.496 e. The molecule has 0 bridgehead atoms. The van der Waals surface area contributed by atoms with E-state index in [4.69, 9.17) is 21.1 Å². The minimum atomic E-state index is 0.532. The lowest BCUT2D eigenvalue weighted by atomic mass is 9.82. The zero-order valence-corrected chi connectivity index (χ0v) is 15.7. The molecule has 0 aromatic heterocycles. The van der Waals surface area contributed by atoms with Gasteiger partial charge >= 0.3 is 0 Å². The molecule has 0 spiro atoms. The van der Waals surface area contributed by atoms with Crippen LogP contribution < -0.4 is 9.47 Å². The highest BCUT2D eigenvalue weighted by atomic mass is 35.5. The molecule has 0 heterocycles. The van der Waals surface area contributed by atoms with E-state index in [1.54, 1.807) is 14.2 Å². The summed E-state index contributed by atoms with van der Waals surface area (Å²) in [5, 5.41) is 0.741. The molecule has 3 heteroatoms. The van der Waals surface area contributed by atoms with Crippen molar-refractivity contribution in [3.05, 3.63) is 58.1 Å². The summed E-state index contributed by atoms with van der Waals surface area (Å²) in [4.78, 5) is 0. The molecule has 0 amide bonds. The molecular weight excluding hydrogens is 332 g/mol. The summed E-state index contributed by atoms with van der Waals surface area (Å²) in [5.74, 6) is 2.39. The van der Waals surface area contributed by atoms with Crippen LogP contribution in [0.5, 0.6) is 11.5 Å². The van der Waals surface area contributed by atoms with Crippen LogP contribution in [0.15, 0.2) is 36.4 Å². The highest BCUT2D eigenvalue weighted by Gasteiger charge is 2.23. The summed E-state index contributed by atoms with van der Waals surface area (Å²) in [7, 11) is 3.48. The van der Waals surface area contributed by atoms with Crippen molar-refractivity contribution in [3.63, 3.8) is 0 Å². The summed E-state index contributed by atoms with van der Waals surface area (Å²) >= 11 is 6.05. The van der Waals surface area contributed by atoms with Gasteiger partial charge < -0.3 is 9.47 Å². The van der Waals surface area contributed by atoms with Crippen molar-refractivity contribution >= 4 is 23.8 Å². The van der Waals surface area contributed by atoms with Crippen molar-refractivity contribution in [3.8, 4) is 11.5 Å². The monoisotopic (exact) mass is 356 g/mol. The lowest BCUT2D eigenvalue weighted by molar-refractivity contribution is 0.359. The first-order valence-corrected chi connectivity index (χ1v) is 9.28. The summed E-state index contributed by atoms with van der Waals surface area (Å²) in [6, 6.07) is 12.0. The fourth-order valence-corrected chi connectivity index (χ4v) is 3.85. The normalized spacial score (nSPS) is 15.5. The maximum absolute atomic E-state index is 6.05. The van der Waals surface area contributed by atoms with Crippen molar-refractivity contribution < 1.29 is 9.47 Å². The van der Waals surface area contributed by atoms with E-state index in [1.807, 2.05) is 24.3 Å². The van der Waals surface area contributed by atoms with E-state index in [2.05, 4.69) is 24.3 Å². The lowest BCUT2D eigenvalue weighted by Crippen LogP contribution is -2.08. The smallest absolute Gasteiger partial charge is 0.126 e. The van der Waals surface area contributed by atoms with Crippen LogP contribution in [0.4, 0.5) is 0 Å². The standard InChI is InChI=1S/C22H25ClO2/c1-24-20-14-17(12-11-16-7-6-10-19(23)13-16)15-21(25-2)22(20)18-8-4-3-5-9-18/h6-7,10-15,18H,3-5,8-9H2,1-2H3. The molecule has 1 saturated carbocycles. The van der Waals surface area contributed by atoms with Crippen molar-refractivity contribution in [1.29, 1.82) is 0 Å². The topological polar surface area (TPSA) is 18.5 Å². The molecule has 3 rings (SSSR count). The van der Waals surface area contributed by atoms with Gasteiger partial charge in [0, 0.05) is 10.6 Å². The summed E-state index contributed by atoms with van der Waals surface area (Å²) in [5.41, 5.74) is 3.36. The van der Waals surface area contributed by atoms with Crippen LogP contribution in [-0.2, 0) is 0 Å². The largest absolute Gasteiger partial charge is 0.496 e. The first-order chi connectivity index (χ1) is 12.2. The molecule has 132 valence electrons. The van der Waals surface area contributed by atoms with Crippen LogP contribution >= 0.6 is 11.6 Å². The van der Waals surface area contributed by atoms with Crippen molar-refractivity contribution in [1.82, 2.24) is 0 Å². The van der Waals surface area contributed by atoms with Gasteiger partial charge in [0.2, 0.25) is 0 Å². The fraction of sp³-hybridized carbons (Fsp3) is 0.364. The van der Waals surface area contributed by atoms with Gasteiger partial charge in [-0.05, 0) is 54.2 Å². The molecule has 1 fully saturated rings. The predicted molar refractivity (Wildman–Crippen MR) is 106 cm³/mol. The molecule has 2 aromatic carbocycles. The highest BCUT2D eigenvalue weighted by molar-refractivity contribution is 6.30. The van der Waals surface area contributed by atoms with E-state index < -0.39 is 0 Å². The molecule has 2 nitrogen and oxygen atoms in total. The number of hydrogen-bond acceptors (Lipinski definition) is 2. The van der Waals surface area contributed by atoms with Crippen LogP contribution in [0.25, 0.3) is 12.2 Å². The van der Waals surface area contributed by atoms with E-state index in [1.165, 1.54) is 37.7 Å². The molecule has 0 unspecified atom stereocenters. The van der Waals surface area contributed by atoms with Crippen molar-refractivity contribution in [2.75, 3.05) is 14.2 Å². The number of halogens is 1. The van der Waals surface area contributed by atoms with Crippen LogP contribution in [0, 0.1) is 0 Å². The fourth-order valence-electron chi connectivity index (χ4n) is 3.65. The maximum Gasteiger partial charge on any atom is 0.126 e. The molecule has 0 atom stereocenters. The summed E-state index contributed by atoms with van der Waals surface area (Å²) < 4.78 is 11.4. The van der Waals surface area contributed by atoms with Crippen LogP contribution in [0.1, 0.15) is 54.7 Å². The average molecular weight is 357 g/mol.